The van der Waals surface area contributed by atoms with Crippen molar-refractivity contribution in [2.75, 3.05) is 7.11 Å². The quantitative estimate of drug-likeness (QED) is 0.790. The summed E-state index contributed by atoms with van der Waals surface area (Å²) >= 11 is 0. The van der Waals surface area contributed by atoms with Crippen LogP contribution in [0.1, 0.15) is 29.9 Å². The van der Waals surface area contributed by atoms with Gasteiger partial charge in [0.15, 0.2) is 0 Å². The van der Waals surface area contributed by atoms with Crippen LogP contribution in [0, 0.1) is 6.92 Å². The highest BCUT2D eigenvalue weighted by Gasteiger charge is 2.09. The maximum Gasteiger partial charge on any atom is 0.124 e. The molecule has 2 aromatic rings. The number of aromatic nitrogens is 2. The Bertz CT molecular complexity index is 587. The number of methoxy groups -OCH3 is 1. The van der Waals surface area contributed by atoms with E-state index in [0.29, 0.717) is 0 Å². The molecule has 1 unspecified atom stereocenters. The van der Waals surface area contributed by atoms with Crippen molar-refractivity contribution < 1.29 is 4.74 Å². The predicted molar refractivity (Wildman–Crippen MR) is 76.9 cm³/mol. The first kappa shape index (κ1) is 13.3. The zero-order valence-electron chi connectivity index (χ0n) is 11.8. The van der Waals surface area contributed by atoms with Crippen molar-refractivity contribution in [2.24, 2.45) is 12.0 Å². The van der Waals surface area contributed by atoms with Crippen molar-refractivity contribution in [3.05, 3.63) is 47.5 Å². The fraction of sp³-hybridized carbons (Fsp3) is 0.333. The van der Waals surface area contributed by atoms with Crippen molar-refractivity contribution >= 4 is 6.21 Å². The van der Waals surface area contributed by atoms with Crippen molar-refractivity contribution in [2.45, 2.75) is 19.9 Å². The minimum atomic E-state index is 0.0394. The lowest BCUT2D eigenvalue weighted by Crippen LogP contribution is -1.97. The second kappa shape index (κ2) is 5.69. The molecule has 0 bridgehead atoms. The zero-order chi connectivity index (χ0) is 13.8. The zero-order valence-corrected chi connectivity index (χ0v) is 11.8. The smallest absolute Gasteiger partial charge is 0.124 e. The monoisotopic (exact) mass is 257 g/mol. The largest absolute Gasteiger partial charge is 0.496 e. The van der Waals surface area contributed by atoms with Crippen LogP contribution in [-0.4, -0.2) is 22.9 Å². The molecule has 0 aliphatic heterocycles. The summed E-state index contributed by atoms with van der Waals surface area (Å²) in [5, 5.41) is 0. The van der Waals surface area contributed by atoms with Crippen LogP contribution in [0.25, 0.3) is 0 Å². The van der Waals surface area contributed by atoms with Crippen LogP contribution in [-0.2, 0) is 7.05 Å². The van der Waals surface area contributed by atoms with Gasteiger partial charge in [-0.3, -0.25) is 4.99 Å². The molecule has 1 aromatic carbocycles. The highest BCUT2D eigenvalue weighted by Crippen LogP contribution is 2.26. The fourth-order valence-corrected chi connectivity index (χ4v) is 1.91. The van der Waals surface area contributed by atoms with Crippen molar-refractivity contribution in [3.63, 3.8) is 0 Å². The number of aliphatic imine (C=N–C) groups is 1. The van der Waals surface area contributed by atoms with Gasteiger partial charge in [0.1, 0.15) is 11.4 Å². The molecule has 0 saturated heterocycles. The first-order valence-electron chi connectivity index (χ1n) is 6.27. The first-order valence-corrected chi connectivity index (χ1v) is 6.27. The molecule has 0 fully saturated rings. The van der Waals surface area contributed by atoms with E-state index in [0.717, 1.165) is 22.7 Å². The van der Waals surface area contributed by atoms with E-state index in [-0.39, 0.29) is 6.04 Å². The number of nitrogens with zero attached hydrogens (tertiary/aromatic N) is 3. The molecule has 1 atom stereocenters. The Morgan fingerprint density at radius 1 is 1.37 bits per heavy atom. The van der Waals surface area contributed by atoms with E-state index in [2.05, 4.69) is 9.98 Å². The summed E-state index contributed by atoms with van der Waals surface area (Å²) in [6.45, 7) is 4.08. The van der Waals surface area contributed by atoms with Crippen LogP contribution in [0.2, 0.25) is 0 Å². The molecule has 0 radical (unpaired) electrons. The van der Waals surface area contributed by atoms with Gasteiger partial charge in [-0.2, -0.15) is 0 Å². The molecule has 0 saturated carbocycles. The van der Waals surface area contributed by atoms with Gasteiger partial charge in [0, 0.05) is 24.5 Å². The molecular formula is C15H19N3O. The number of hydrogen-bond donors (Lipinski definition) is 0. The highest BCUT2D eigenvalue weighted by molar-refractivity contribution is 5.78. The van der Waals surface area contributed by atoms with E-state index in [1.54, 1.807) is 13.4 Å². The van der Waals surface area contributed by atoms with Gasteiger partial charge in [0.2, 0.25) is 0 Å². The maximum absolute atomic E-state index is 5.35. The number of hydrogen-bond acceptors (Lipinski definition) is 3. The molecule has 100 valence electrons. The second-order valence-electron chi connectivity index (χ2n) is 4.52. The van der Waals surface area contributed by atoms with Gasteiger partial charge in [-0.25, -0.2) is 4.98 Å². The Morgan fingerprint density at radius 3 is 2.74 bits per heavy atom. The van der Waals surface area contributed by atoms with E-state index < -0.39 is 0 Å². The van der Waals surface area contributed by atoms with Crippen LogP contribution in [0.15, 0.2) is 35.6 Å². The average molecular weight is 257 g/mol. The van der Waals surface area contributed by atoms with Crippen LogP contribution in [0.3, 0.4) is 0 Å². The fourth-order valence-electron chi connectivity index (χ4n) is 1.91. The molecule has 0 aliphatic carbocycles. The Hall–Kier alpha value is -2.10. The summed E-state index contributed by atoms with van der Waals surface area (Å²) in [4.78, 5) is 8.87. The average Bonchev–Trinajstić information content (AvgIpc) is 2.76. The molecule has 1 aromatic heterocycles. The van der Waals surface area contributed by atoms with Gasteiger partial charge in [-0.15, -0.1) is 0 Å². The molecule has 0 N–H and O–H groups in total. The van der Waals surface area contributed by atoms with Crippen LogP contribution >= 0.6 is 0 Å². The molecule has 4 heteroatoms. The Kier molecular flexibility index (Phi) is 4.00. The summed E-state index contributed by atoms with van der Waals surface area (Å²) in [5.74, 6) is 0.866. The predicted octanol–water partition coefficient (Wildman–Crippen LogP) is 2.92. The highest BCUT2D eigenvalue weighted by atomic mass is 16.5. The molecule has 4 nitrogen and oxygen atoms in total. The van der Waals surface area contributed by atoms with Gasteiger partial charge in [-0.05, 0) is 19.9 Å². The van der Waals surface area contributed by atoms with Gasteiger partial charge in [0.25, 0.3) is 0 Å². The number of imidazole rings is 1. The summed E-state index contributed by atoms with van der Waals surface area (Å²) in [6, 6.07) is 7.98. The van der Waals surface area contributed by atoms with Crippen molar-refractivity contribution in [3.8, 4) is 5.75 Å². The van der Waals surface area contributed by atoms with Crippen LogP contribution < -0.4 is 4.74 Å². The minimum Gasteiger partial charge on any atom is -0.496 e. The van der Waals surface area contributed by atoms with Crippen LogP contribution in [0.4, 0.5) is 0 Å². The third-order valence-corrected chi connectivity index (χ3v) is 3.28. The van der Waals surface area contributed by atoms with E-state index >= 15 is 0 Å². The van der Waals surface area contributed by atoms with E-state index in [4.69, 9.17) is 4.74 Å². The van der Waals surface area contributed by atoms with Gasteiger partial charge in [0.05, 0.1) is 19.5 Å². The summed E-state index contributed by atoms with van der Waals surface area (Å²) in [6.07, 6.45) is 3.62. The van der Waals surface area contributed by atoms with Crippen molar-refractivity contribution in [1.82, 2.24) is 9.55 Å². The molecule has 2 rings (SSSR count). The summed E-state index contributed by atoms with van der Waals surface area (Å²) in [5.41, 5.74) is 3.09. The lowest BCUT2D eigenvalue weighted by Gasteiger charge is -2.11. The first-order chi connectivity index (χ1) is 9.13. The van der Waals surface area contributed by atoms with Gasteiger partial charge in [-0.1, -0.05) is 18.2 Å². The third kappa shape index (κ3) is 2.84. The standard InChI is InChI=1S/C15H19N3O/c1-11(13-7-5-6-8-15(13)19-4)16-9-14-12(2)18(3)10-17-14/h5-11H,1-4H3/b16-9+. The van der Waals surface area contributed by atoms with Crippen LogP contribution in [0.5, 0.6) is 5.75 Å². The number of aryl methyl sites for hydroxylation is 1. The second-order valence-corrected chi connectivity index (χ2v) is 4.52. The van der Waals surface area contributed by atoms with Crippen molar-refractivity contribution in [1.29, 1.82) is 0 Å². The number of para-hydroxylation sites is 1. The number of benzene rings is 1. The molecule has 0 aliphatic rings. The van der Waals surface area contributed by atoms with Gasteiger partial charge < -0.3 is 9.30 Å². The third-order valence-electron chi connectivity index (χ3n) is 3.28. The van der Waals surface area contributed by atoms with Gasteiger partial charge >= 0.3 is 0 Å². The number of ether oxygens (including phenoxy) is 1. The molecule has 19 heavy (non-hydrogen) atoms. The van der Waals surface area contributed by atoms with E-state index in [1.165, 1.54) is 0 Å². The molecule has 0 amide bonds. The molecule has 1 heterocycles. The lowest BCUT2D eigenvalue weighted by molar-refractivity contribution is 0.407. The molecule has 0 spiro atoms. The SMILES string of the molecule is COc1ccccc1C(C)/N=C/c1ncn(C)c1C. The number of rotatable bonds is 4. The Balaban J connectivity index is 2.21. The maximum atomic E-state index is 5.35. The topological polar surface area (TPSA) is 39.4 Å². The Labute approximate surface area is 113 Å². The normalized spacial score (nSPS) is 12.8. The lowest BCUT2D eigenvalue weighted by atomic mass is 10.1. The molecular weight excluding hydrogens is 238 g/mol. The minimum absolute atomic E-state index is 0.0394. The van der Waals surface area contributed by atoms with E-state index in [9.17, 15) is 0 Å². The summed E-state index contributed by atoms with van der Waals surface area (Å²) < 4.78 is 7.33. The Morgan fingerprint density at radius 2 is 2.11 bits per heavy atom. The van der Waals surface area contributed by atoms with E-state index in [1.807, 2.05) is 55.9 Å². The summed E-state index contributed by atoms with van der Waals surface area (Å²) in [7, 11) is 3.65.